The van der Waals surface area contributed by atoms with Gasteiger partial charge in [0.2, 0.25) is 5.88 Å². The van der Waals surface area contributed by atoms with Gasteiger partial charge in [0, 0.05) is 28.8 Å². The summed E-state index contributed by atoms with van der Waals surface area (Å²) in [6.45, 7) is 2.95. The maximum absolute atomic E-state index is 12.6. The third-order valence-electron chi connectivity index (χ3n) is 4.16. The van der Waals surface area contributed by atoms with Gasteiger partial charge in [-0.05, 0) is 32.0 Å². The summed E-state index contributed by atoms with van der Waals surface area (Å²) in [5, 5.41) is 9.39. The van der Waals surface area contributed by atoms with Crippen LogP contribution < -0.4 is 9.47 Å². The van der Waals surface area contributed by atoms with E-state index >= 15 is 0 Å². The second-order valence-electron chi connectivity index (χ2n) is 6.11. The minimum atomic E-state index is -4.87. The predicted octanol–water partition coefficient (Wildman–Crippen LogP) is 3.90. The van der Waals surface area contributed by atoms with E-state index < -0.39 is 24.2 Å². The van der Waals surface area contributed by atoms with E-state index in [1.807, 2.05) is 0 Å². The molecular weight excluding hydrogens is 393 g/mol. The van der Waals surface area contributed by atoms with Crippen molar-refractivity contribution in [2.75, 3.05) is 0 Å². The lowest BCUT2D eigenvalue weighted by molar-refractivity contribution is -0.274. The lowest BCUT2D eigenvalue weighted by Gasteiger charge is -2.13. The van der Waals surface area contributed by atoms with Gasteiger partial charge in [-0.25, -0.2) is 4.79 Å². The summed E-state index contributed by atoms with van der Waals surface area (Å²) in [7, 11) is 0. The number of fused-ring (bicyclic) bond motifs is 1. The van der Waals surface area contributed by atoms with E-state index in [1.54, 1.807) is 19.1 Å². The third kappa shape index (κ3) is 4.15. The zero-order valence-corrected chi connectivity index (χ0v) is 15.2. The van der Waals surface area contributed by atoms with Crippen molar-refractivity contribution in [1.82, 2.24) is 9.55 Å². The number of carboxylic acid groups (broad SMARTS) is 1. The molecule has 29 heavy (non-hydrogen) atoms. The fourth-order valence-electron chi connectivity index (χ4n) is 2.89. The van der Waals surface area contributed by atoms with Crippen molar-refractivity contribution < 1.29 is 37.3 Å². The highest BCUT2D eigenvalue weighted by molar-refractivity contribution is 6.00. The first-order chi connectivity index (χ1) is 13.6. The van der Waals surface area contributed by atoms with Crippen molar-refractivity contribution in [3.63, 3.8) is 0 Å². The fourth-order valence-corrected chi connectivity index (χ4v) is 2.89. The quantitative estimate of drug-likeness (QED) is 0.623. The number of rotatable bonds is 6. The number of aromatic nitrogens is 2. The van der Waals surface area contributed by atoms with E-state index in [-0.39, 0.29) is 22.8 Å². The topological polar surface area (TPSA) is 90.7 Å². The summed E-state index contributed by atoms with van der Waals surface area (Å²) in [4.78, 5) is 26.8. The number of carbonyl (C=O) groups is 2. The number of pyridine rings is 1. The molecule has 3 aromatic rings. The molecule has 0 aliphatic heterocycles. The van der Waals surface area contributed by atoms with Crippen molar-refractivity contribution >= 4 is 23.2 Å². The molecule has 0 amide bonds. The largest absolute Gasteiger partial charge is 0.573 e. The summed E-state index contributed by atoms with van der Waals surface area (Å²) in [6, 6.07) is 8.18. The van der Waals surface area contributed by atoms with Crippen LogP contribution in [-0.2, 0) is 4.79 Å². The van der Waals surface area contributed by atoms with E-state index in [0.29, 0.717) is 17.4 Å². The van der Waals surface area contributed by atoms with Crippen LogP contribution in [-0.4, -0.2) is 39.4 Å². The number of aldehydes is 1. The first-order valence-corrected chi connectivity index (χ1v) is 8.33. The van der Waals surface area contributed by atoms with Gasteiger partial charge in [0.05, 0.1) is 5.52 Å². The Hall–Kier alpha value is -3.56. The van der Waals surface area contributed by atoms with Crippen LogP contribution in [0.15, 0.2) is 36.4 Å². The Morgan fingerprint density at radius 1 is 1.28 bits per heavy atom. The molecule has 7 nitrogen and oxygen atoms in total. The number of carbonyl (C=O) groups excluding carboxylic acids is 1. The summed E-state index contributed by atoms with van der Waals surface area (Å²) in [5.74, 6) is -1.39. The molecule has 1 atom stereocenters. The molecule has 3 rings (SSSR count). The standard InChI is InChI=1S/C19H15F3N2O5/c1-10-14(9-25)13-7-6-12(29-19(20,21)22)8-15(13)24(10)16-4-3-5-17(23-16)28-11(2)18(26)27/h3-9,11H,1-2H3,(H,26,27). The zero-order valence-electron chi connectivity index (χ0n) is 15.2. The van der Waals surface area contributed by atoms with E-state index in [1.165, 1.54) is 23.6 Å². The molecule has 0 radical (unpaired) electrons. The number of halogens is 3. The summed E-state index contributed by atoms with van der Waals surface area (Å²) < 4.78 is 48.5. The van der Waals surface area contributed by atoms with Crippen LogP contribution in [0.1, 0.15) is 23.0 Å². The highest BCUT2D eigenvalue weighted by Gasteiger charge is 2.31. The van der Waals surface area contributed by atoms with Gasteiger partial charge in [0.1, 0.15) is 11.6 Å². The fraction of sp³-hybridized carbons (Fsp3) is 0.211. The van der Waals surface area contributed by atoms with Crippen molar-refractivity contribution in [2.45, 2.75) is 26.3 Å². The van der Waals surface area contributed by atoms with Gasteiger partial charge in [-0.1, -0.05) is 6.07 Å². The zero-order chi connectivity index (χ0) is 21.3. The normalized spacial score (nSPS) is 12.6. The van der Waals surface area contributed by atoms with Crippen LogP contribution in [0.25, 0.3) is 16.7 Å². The number of nitrogens with zero attached hydrogens (tertiary/aromatic N) is 2. The van der Waals surface area contributed by atoms with Gasteiger partial charge in [0.15, 0.2) is 12.4 Å². The lowest BCUT2D eigenvalue weighted by Crippen LogP contribution is -2.23. The second-order valence-corrected chi connectivity index (χ2v) is 6.11. The molecule has 1 unspecified atom stereocenters. The minimum absolute atomic E-state index is 0.00833. The van der Waals surface area contributed by atoms with E-state index in [4.69, 9.17) is 9.84 Å². The maximum atomic E-state index is 12.6. The van der Waals surface area contributed by atoms with Gasteiger partial charge in [-0.15, -0.1) is 13.2 Å². The number of hydrogen-bond donors (Lipinski definition) is 1. The SMILES string of the molecule is Cc1c(C=O)c2ccc(OC(F)(F)F)cc2n1-c1cccc(OC(C)C(=O)O)n1. The van der Waals surface area contributed by atoms with Gasteiger partial charge in [0.25, 0.3) is 0 Å². The molecular formula is C19H15F3N2O5. The van der Waals surface area contributed by atoms with Crippen LogP contribution in [0.2, 0.25) is 0 Å². The molecule has 10 heteroatoms. The molecule has 0 fully saturated rings. The first-order valence-electron chi connectivity index (χ1n) is 8.33. The lowest BCUT2D eigenvalue weighted by atomic mass is 10.1. The van der Waals surface area contributed by atoms with Crippen LogP contribution in [0, 0.1) is 6.92 Å². The van der Waals surface area contributed by atoms with E-state index in [2.05, 4.69) is 9.72 Å². The summed E-state index contributed by atoms with van der Waals surface area (Å²) in [5.41, 5.74) is 0.989. The van der Waals surface area contributed by atoms with Crippen LogP contribution in [0.5, 0.6) is 11.6 Å². The minimum Gasteiger partial charge on any atom is -0.479 e. The van der Waals surface area contributed by atoms with Gasteiger partial charge >= 0.3 is 12.3 Å². The predicted molar refractivity (Wildman–Crippen MR) is 95.6 cm³/mol. The Morgan fingerprint density at radius 2 is 2.00 bits per heavy atom. The Morgan fingerprint density at radius 3 is 2.62 bits per heavy atom. The van der Waals surface area contributed by atoms with Crippen molar-refractivity contribution in [1.29, 1.82) is 0 Å². The monoisotopic (exact) mass is 408 g/mol. The highest BCUT2D eigenvalue weighted by Crippen LogP contribution is 2.32. The van der Waals surface area contributed by atoms with Crippen LogP contribution in [0.3, 0.4) is 0 Å². The van der Waals surface area contributed by atoms with Crippen LogP contribution >= 0.6 is 0 Å². The summed E-state index contributed by atoms with van der Waals surface area (Å²) in [6.07, 6.45) is -5.42. The molecule has 152 valence electrons. The van der Waals surface area contributed by atoms with E-state index in [9.17, 15) is 22.8 Å². The Kier molecular flexibility index (Phi) is 5.19. The number of hydrogen-bond acceptors (Lipinski definition) is 5. The molecule has 0 spiro atoms. The van der Waals surface area contributed by atoms with E-state index in [0.717, 1.165) is 12.1 Å². The molecule has 0 saturated carbocycles. The molecule has 0 bridgehead atoms. The van der Waals surface area contributed by atoms with Crippen LogP contribution in [0.4, 0.5) is 13.2 Å². The third-order valence-corrected chi connectivity index (χ3v) is 4.16. The molecule has 0 aliphatic carbocycles. The van der Waals surface area contributed by atoms with Crippen molar-refractivity contribution in [2.24, 2.45) is 0 Å². The molecule has 1 N–H and O–H groups in total. The van der Waals surface area contributed by atoms with Gasteiger partial charge in [-0.3, -0.25) is 9.36 Å². The second kappa shape index (κ2) is 7.46. The summed E-state index contributed by atoms with van der Waals surface area (Å²) >= 11 is 0. The van der Waals surface area contributed by atoms with Gasteiger partial charge < -0.3 is 14.6 Å². The van der Waals surface area contributed by atoms with Crippen molar-refractivity contribution in [3.05, 3.63) is 47.7 Å². The number of alkyl halides is 3. The van der Waals surface area contributed by atoms with Crippen molar-refractivity contribution in [3.8, 4) is 17.4 Å². The molecule has 2 aromatic heterocycles. The molecule has 1 aromatic carbocycles. The highest BCUT2D eigenvalue weighted by atomic mass is 19.4. The van der Waals surface area contributed by atoms with Gasteiger partial charge in [-0.2, -0.15) is 4.98 Å². The molecule has 0 aliphatic rings. The molecule has 0 saturated heterocycles. The number of benzene rings is 1. The number of carboxylic acids is 1. The number of ether oxygens (including phenoxy) is 2. The maximum Gasteiger partial charge on any atom is 0.573 e. The average Bonchev–Trinajstić information content (AvgIpc) is 2.90. The number of aliphatic carboxylic acids is 1. The Bertz CT molecular complexity index is 1090. The Labute approximate surface area is 162 Å². The first kappa shape index (κ1) is 20.2. The molecule has 2 heterocycles. The Balaban J connectivity index is 2.15. The average molecular weight is 408 g/mol. The smallest absolute Gasteiger partial charge is 0.479 e.